The minimum atomic E-state index is -0.324. The number of aliphatic hydroxyl groups excluding tert-OH is 1. The predicted octanol–water partition coefficient (Wildman–Crippen LogP) is 1.41. The number of ether oxygens (including phenoxy) is 2. The summed E-state index contributed by atoms with van der Waals surface area (Å²) in [4.78, 5) is 13.5. The van der Waals surface area contributed by atoms with Gasteiger partial charge in [-0.25, -0.2) is 4.79 Å². The zero-order valence-electron chi connectivity index (χ0n) is 10.8. The third-order valence-corrected chi connectivity index (χ3v) is 3.05. The third-order valence-electron chi connectivity index (χ3n) is 3.05. The third kappa shape index (κ3) is 4.22. The predicted molar refractivity (Wildman–Crippen MR) is 69.6 cm³/mol. The van der Waals surface area contributed by atoms with Crippen LogP contribution in [0.25, 0.3) is 0 Å². The first-order chi connectivity index (χ1) is 9.29. The minimum Gasteiger partial charge on any atom is -0.445 e. The topological polar surface area (TPSA) is 59.0 Å². The lowest BCUT2D eigenvalue weighted by molar-refractivity contribution is -0.0369. The number of morpholine rings is 1. The normalized spacial score (nSPS) is 19.2. The molecule has 5 heteroatoms. The van der Waals surface area contributed by atoms with Gasteiger partial charge in [0.05, 0.1) is 19.3 Å². The van der Waals surface area contributed by atoms with E-state index in [-0.39, 0.29) is 25.4 Å². The monoisotopic (exact) mass is 265 g/mol. The Hall–Kier alpha value is -1.59. The summed E-state index contributed by atoms with van der Waals surface area (Å²) in [5, 5.41) is 8.88. The molecule has 5 nitrogen and oxygen atoms in total. The summed E-state index contributed by atoms with van der Waals surface area (Å²) in [6, 6.07) is 9.58. The number of hydrogen-bond acceptors (Lipinski definition) is 4. The Balaban J connectivity index is 1.79. The molecule has 0 spiro atoms. The molecule has 1 atom stereocenters. The second-order valence-corrected chi connectivity index (χ2v) is 4.49. The molecule has 1 fully saturated rings. The van der Waals surface area contributed by atoms with Gasteiger partial charge in [-0.3, -0.25) is 0 Å². The molecule has 1 amide bonds. The van der Waals surface area contributed by atoms with Gasteiger partial charge in [-0.05, 0) is 12.0 Å². The van der Waals surface area contributed by atoms with Crippen LogP contribution >= 0.6 is 0 Å². The van der Waals surface area contributed by atoms with Crippen LogP contribution in [0.3, 0.4) is 0 Å². The first kappa shape index (κ1) is 13.8. The Bertz CT molecular complexity index is 394. The number of benzene rings is 1. The van der Waals surface area contributed by atoms with Gasteiger partial charge in [-0.15, -0.1) is 0 Å². The van der Waals surface area contributed by atoms with Crippen molar-refractivity contribution < 1.29 is 19.4 Å². The number of amides is 1. The lowest BCUT2D eigenvalue weighted by Crippen LogP contribution is -2.46. The Morgan fingerprint density at radius 3 is 2.95 bits per heavy atom. The highest BCUT2D eigenvalue weighted by Gasteiger charge is 2.24. The molecule has 0 aromatic heterocycles. The summed E-state index contributed by atoms with van der Waals surface area (Å²) in [5.74, 6) is 0. The lowest BCUT2D eigenvalue weighted by atomic mass is 10.2. The molecular formula is C14H19NO4. The van der Waals surface area contributed by atoms with Crippen LogP contribution in [0.2, 0.25) is 0 Å². The largest absolute Gasteiger partial charge is 0.445 e. The number of carbonyl (C=O) groups excluding carboxylic acids is 1. The average molecular weight is 265 g/mol. The number of carbonyl (C=O) groups is 1. The molecule has 1 aliphatic heterocycles. The van der Waals surface area contributed by atoms with Gasteiger partial charge in [0.1, 0.15) is 6.61 Å². The van der Waals surface area contributed by atoms with E-state index < -0.39 is 0 Å². The van der Waals surface area contributed by atoms with Crippen molar-refractivity contribution in [1.82, 2.24) is 4.90 Å². The van der Waals surface area contributed by atoms with Crippen molar-refractivity contribution >= 4 is 6.09 Å². The fraction of sp³-hybridized carbons (Fsp3) is 0.500. The average Bonchev–Trinajstić information content (AvgIpc) is 2.46. The first-order valence-electron chi connectivity index (χ1n) is 6.47. The Morgan fingerprint density at radius 2 is 2.21 bits per heavy atom. The van der Waals surface area contributed by atoms with Crippen molar-refractivity contribution in [2.45, 2.75) is 19.1 Å². The van der Waals surface area contributed by atoms with Crippen LogP contribution in [-0.4, -0.2) is 48.5 Å². The molecule has 19 heavy (non-hydrogen) atoms. The maximum atomic E-state index is 11.9. The van der Waals surface area contributed by atoms with Crippen molar-refractivity contribution in [2.24, 2.45) is 0 Å². The first-order valence-corrected chi connectivity index (χ1v) is 6.47. The Labute approximate surface area is 112 Å². The molecule has 0 aliphatic carbocycles. The summed E-state index contributed by atoms with van der Waals surface area (Å²) >= 11 is 0. The van der Waals surface area contributed by atoms with Crippen LogP contribution in [0.5, 0.6) is 0 Å². The molecule has 1 aliphatic rings. The van der Waals surface area contributed by atoms with E-state index in [1.165, 1.54) is 0 Å². The summed E-state index contributed by atoms with van der Waals surface area (Å²) in [6.07, 6.45) is 0.126. The van der Waals surface area contributed by atoms with E-state index in [2.05, 4.69) is 0 Å². The Kier molecular flexibility index (Phi) is 5.18. The smallest absolute Gasteiger partial charge is 0.410 e. The van der Waals surface area contributed by atoms with Crippen LogP contribution in [-0.2, 0) is 16.1 Å². The highest BCUT2D eigenvalue weighted by molar-refractivity contribution is 5.67. The summed E-state index contributed by atoms with van der Waals surface area (Å²) in [7, 11) is 0. The van der Waals surface area contributed by atoms with E-state index in [4.69, 9.17) is 14.6 Å². The maximum absolute atomic E-state index is 11.9. The van der Waals surface area contributed by atoms with Gasteiger partial charge >= 0.3 is 6.09 Å². The summed E-state index contributed by atoms with van der Waals surface area (Å²) < 4.78 is 10.7. The van der Waals surface area contributed by atoms with Crippen molar-refractivity contribution in [3.63, 3.8) is 0 Å². The lowest BCUT2D eigenvalue weighted by Gasteiger charge is -2.31. The molecular weight excluding hydrogens is 246 g/mol. The van der Waals surface area contributed by atoms with Gasteiger partial charge in [-0.2, -0.15) is 0 Å². The molecule has 1 aromatic rings. The van der Waals surface area contributed by atoms with Gasteiger partial charge in [-0.1, -0.05) is 30.3 Å². The van der Waals surface area contributed by atoms with Crippen molar-refractivity contribution in [2.75, 3.05) is 26.3 Å². The van der Waals surface area contributed by atoms with Gasteiger partial charge in [0.15, 0.2) is 0 Å². The fourth-order valence-electron chi connectivity index (χ4n) is 2.01. The van der Waals surface area contributed by atoms with Crippen molar-refractivity contribution in [1.29, 1.82) is 0 Å². The van der Waals surface area contributed by atoms with Crippen LogP contribution in [0.1, 0.15) is 12.0 Å². The standard InChI is InChI=1S/C14H19NO4/c16-8-6-13-10-15(7-9-18-13)14(17)19-11-12-4-2-1-3-5-12/h1-5,13,16H,6-11H2/t13-/m0/s1. The van der Waals surface area contributed by atoms with Gasteiger partial charge in [0.25, 0.3) is 0 Å². The zero-order valence-corrected chi connectivity index (χ0v) is 10.8. The van der Waals surface area contributed by atoms with Crippen LogP contribution in [0.4, 0.5) is 4.79 Å². The minimum absolute atomic E-state index is 0.0670. The van der Waals surface area contributed by atoms with Crippen molar-refractivity contribution in [3.8, 4) is 0 Å². The molecule has 0 saturated carbocycles. The van der Waals surface area contributed by atoms with E-state index >= 15 is 0 Å². The Morgan fingerprint density at radius 1 is 1.42 bits per heavy atom. The molecule has 0 unspecified atom stereocenters. The van der Waals surface area contributed by atoms with Crippen LogP contribution in [0, 0.1) is 0 Å². The van der Waals surface area contributed by atoms with Gasteiger partial charge in [0, 0.05) is 13.2 Å². The number of hydrogen-bond donors (Lipinski definition) is 1. The molecule has 1 heterocycles. The zero-order chi connectivity index (χ0) is 13.5. The molecule has 2 rings (SSSR count). The van der Waals surface area contributed by atoms with Gasteiger partial charge < -0.3 is 19.5 Å². The number of nitrogens with zero attached hydrogens (tertiary/aromatic N) is 1. The van der Waals surface area contributed by atoms with Gasteiger partial charge in [0.2, 0.25) is 0 Å². The molecule has 1 N–H and O–H groups in total. The molecule has 1 saturated heterocycles. The van der Waals surface area contributed by atoms with Crippen LogP contribution < -0.4 is 0 Å². The fourth-order valence-corrected chi connectivity index (χ4v) is 2.01. The quantitative estimate of drug-likeness (QED) is 0.894. The maximum Gasteiger partial charge on any atom is 0.410 e. The van der Waals surface area contributed by atoms with E-state index in [9.17, 15) is 4.79 Å². The highest BCUT2D eigenvalue weighted by atomic mass is 16.6. The number of aliphatic hydroxyl groups is 1. The molecule has 0 bridgehead atoms. The molecule has 0 radical (unpaired) electrons. The SMILES string of the molecule is O=C(OCc1ccccc1)N1CCO[C@@H](CCO)C1. The van der Waals surface area contributed by atoms with E-state index in [1.807, 2.05) is 30.3 Å². The molecule has 104 valence electrons. The second kappa shape index (κ2) is 7.11. The molecule has 1 aromatic carbocycles. The summed E-state index contributed by atoms with van der Waals surface area (Å²) in [6.45, 7) is 1.86. The van der Waals surface area contributed by atoms with E-state index in [0.29, 0.717) is 26.1 Å². The highest BCUT2D eigenvalue weighted by Crippen LogP contribution is 2.10. The summed E-state index contributed by atoms with van der Waals surface area (Å²) in [5.41, 5.74) is 0.969. The van der Waals surface area contributed by atoms with Crippen LogP contribution in [0.15, 0.2) is 30.3 Å². The van der Waals surface area contributed by atoms with E-state index in [1.54, 1.807) is 4.90 Å². The van der Waals surface area contributed by atoms with E-state index in [0.717, 1.165) is 5.56 Å². The van der Waals surface area contributed by atoms with Crippen molar-refractivity contribution in [3.05, 3.63) is 35.9 Å². The number of rotatable bonds is 4. The second-order valence-electron chi connectivity index (χ2n) is 4.49.